The largest absolute Gasteiger partial charge is 0.313 e. The van der Waals surface area contributed by atoms with Crippen LogP contribution in [0, 0.1) is 6.92 Å². The molecule has 1 aromatic rings. The second-order valence-corrected chi connectivity index (χ2v) is 3.68. The molecular formula is C11H16ClN. The van der Waals surface area contributed by atoms with Crippen molar-refractivity contribution in [3.8, 4) is 0 Å². The molecule has 13 heavy (non-hydrogen) atoms. The Morgan fingerprint density at radius 2 is 2.15 bits per heavy atom. The lowest BCUT2D eigenvalue weighted by Gasteiger charge is -2.07. The Morgan fingerprint density at radius 3 is 2.85 bits per heavy atom. The summed E-state index contributed by atoms with van der Waals surface area (Å²) in [6.45, 7) is 6.25. The first-order chi connectivity index (χ1) is 6.24. The van der Waals surface area contributed by atoms with E-state index in [2.05, 4.69) is 25.2 Å². The molecule has 0 amide bonds. The molecule has 72 valence electrons. The van der Waals surface area contributed by atoms with Crippen LogP contribution in [0.1, 0.15) is 24.5 Å². The quantitative estimate of drug-likeness (QED) is 0.732. The molecule has 0 atom stereocenters. The van der Waals surface area contributed by atoms with Gasteiger partial charge in [0.15, 0.2) is 0 Å². The molecule has 0 aliphatic carbocycles. The number of hydrogen-bond acceptors (Lipinski definition) is 1. The number of halogens is 1. The highest BCUT2D eigenvalue weighted by Crippen LogP contribution is 2.14. The predicted molar refractivity (Wildman–Crippen MR) is 58.2 cm³/mol. The molecule has 0 aromatic heterocycles. The van der Waals surface area contributed by atoms with E-state index in [9.17, 15) is 0 Å². The molecule has 1 nitrogen and oxygen atoms in total. The van der Waals surface area contributed by atoms with Gasteiger partial charge >= 0.3 is 0 Å². The van der Waals surface area contributed by atoms with E-state index >= 15 is 0 Å². The summed E-state index contributed by atoms with van der Waals surface area (Å²) in [5, 5.41) is 4.18. The van der Waals surface area contributed by atoms with Crippen molar-refractivity contribution < 1.29 is 0 Å². The summed E-state index contributed by atoms with van der Waals surface area (Å²) in [5.41, 5.74) is 2.59. The number of nitrogens with one attached hydrogen (secondary N) is 1. The van der Waals surface area contributed by atoms with Crippen LogP contribution >= 0.6 is 11.6 Å². The van der Waals surface area contributed by atoms with Gasteiger partial charge in [-0.1, -0.05) is 24.6 Å². The van der Waals surface area contributed by atoms with E-state index in [1.807, 2.05) is 12.1 Å². The zero-order chi connectivity index (χ0) is 9.68. The van der Waals surface area contributed by atoms with E-state index in [1.54, 1.807) is 0 Å². The maximum absolute atomic E-state index is 5.90. The van der Waals surface area contributed by atoms with Gasteiger partial charge in [-0.05, 0) is 43.1 Å². The van der Waals surface area contributed by atoms with Crippen molar-refractivity contribution >= 4 is 11.6 Å². The molecule has 0 heterocycles. The van der Waals surface area contributed by atoms with Gasteiger partial charge in [0.05, 0.1) is 0 Å². The smallest absolute Gasteiger partial charge is 0.0409 e. The molecule has 0 bridgehead atoms. The Bertz CT molecular complexity index is 271. The second-order valence-electron chi connectivity index (χ2n) is 3.25. The number of aryl methyl sites for hydroxylation is 1. The van der Waals surface area contributed by atoms with Gasteiger partial charge in [0.2, 0.25) is 0 Å². The standard InChI is InChI=1S/C11H16ClN/c1-3-6-13-8-10-7-11(12)5-4-9(10)2/h4-5,7,13H,3,6,8H2,1-2H3. The summed E-state index contributed by atoms with van der Waals surface area (Å²) >= 11 is 5.90. The van der Waals surface area contributed by atoms with Gasteiger partial charge < -0.3 is 5.32 Å². The highest BCUT2D eigenvalue weighted by Gasteiger charge is 1.97. The fourth-order valence-electron chi connectivity index (χ4n) is 1.23. The van der Waals surface area contributed by atoms with Crippen molar-refractivity contribution in [3.05, 3.63) is 34.3 Å². The minimum Gasteiger partial charge on any atom is -0.313 e. The fraction of sp³-hybridized carbons (Fsp3) is 0.455. The predicted octanol–water partition coefficient (Wildman–Crippen LogP) is 3.15. The van der Waals surface area contributed by atoms with E-state index in [0.717, 1.165) is 18.1 Å². The Labute approximate surface area is 85.1 Å². The molecule has 0 aliphatic heterocycles. The third kappa shape index (κ3) is 3.37. The van der Waals surface area contributed by atoms with E-state index in [-0.39, 0.29) is 0 Å². The van der Waals surface area contributed by atoms with E-state index in [0.29, 0.717) is 0 Å². The lowest BCUT2D eigenvalue weighted by Crippen LogP contribution is -2.14. The molecule has 2 heteroatoms. The third-order valence-electron chi connectivity index (χ3n) is 2.05. The monoisotopic (exact) mass is 197 g/mol. The summed E-state index contributed by atoms with van der Waals surface area (Å²) in [6.07, 6.45) is 1.17. The van der Waals surface area contributed by atoms with Crippen LogP contribution in [0.15, 0.2) is 18.2 Å². The van der Waals surface area contributed by atoms with Gasteiger partial charge in [-0.3, -0.25) is 0 Å². The van der Waals surface area contributed by atoms with Crippen LogP contribution in [0.3, 0.4) is 0 Å². The summed E-state index contributed by atoms with van der Waals surface area (Å²) in [4.78, 5) is 0. The van der Waals surface area contributed by atoms with Crippen molar-refractivity contribution in [2.24, 2.45) is 0 Å². The summed E-state index contributed by atoms with van der Waals surface area (Å²) in [5.74, 6) is 0. The first-order valence-electron chi connectivity index (χ1n) is 4.69. The Kier molecular flexibility index (Phi) is 4.26. The van der Waals surface area contributed by atoms with E-state index in [1.165, 1.54) is 17.5 Å². The Morgan fingerprint density at radius 1 is 1.38 bits per heavy atom. The zero-order valence-corrected chi connectivity index (χ0v) is 8.99. The van der Waals surface area contributed by atoms with Crippen molar-refractivity contribution in [2.75, 3.05) is 6.54 Å². The Hall–Kier alpha value is -0.530. The molecule has 0 aliphatic rings. The van der Waals surface area contributed by atoms with Crippen molar-refractivity contribution in [1.82, 2.24) is 5.32 Å². The van der Waals surface area contributed by atoms with Crippen LogP contribution < -0.4 is 5.32 Å². The summed E-state index contributed by atoms with van der Waals surface area (Å²) in [6, 6.07) is 6.02. The summed E-state index contributed by atoms with van der Waals surface area (Å²) < 4.78 is 0. The van der Waals surface area contributed by atoms with Gasteiger partial charge in [0, 0.05) is 11.6 Å². The highest BCUT2D eigenvalue weighted by molar-refractivity contribution is 6.30. The van der Waals surface area contributed by atoms with Crippen LogP contribution in [0.5, 0.6) is 0 Å². The molecule has 0 saturated carbocycles. The normalized spacial score (nSPS) is 10.4. The van der Waals surface area contributed by atoms with E-state index in [4.69, 9.17) is 11.6 Å². The SMILES string of the molecule is CCCNCc1cc(Cl)ccc1C. The van der Waals surface area contributed by atoms with E-state index < -0.39 is 0 Å². The van der Waals surface area contributed by atoms with Crippen molar-refractivity contribution in [1.29, 1.82) is 0 Å². The second kappa shape index (κ2) is 5.25. The summed E-state index contributed by atoms with van der Waals surface area (Å²) in [7, 11) is 0. The molecule has 0 fully saturated rings. The zero-order valence-electron chi connectivity index (χ0n) is 8.23. The number of rotatable bonds is 4. The molecule has 0 spiro atoms. The average Bonchev–Trinajstić information content (AvgIpc) is 2.11. The molecule has 1 rings (SSSR count). The van der Waals surface area contributed by atoms with Gasteiger partial charge in [-0.25, -0.2) is 0 Å². The first kappa shape index (κ1) is 10.6. The topological polar surface area (TPSA) is 12.0 Å². The fourth-order valence-corrected chi connectivity index (χ4v) is 1.43. The molecular weight excluding hydrogens is 182 g/mol. The van der Waals surface area contributed by atoms with Gasteiger partial charge in [-0.2, -0.15) is 0 Å². The average molecular weight is 198 g/mol. The Balaban J connectivity index is 2.59. The van der Waals surface area contributed by atoms with Gasteiger partial charge in [0.1, 0.15) is 0 Å². The number of hydrogen-bond donors (Lipinski definition) is 1. The first-order valence-corrected chi connectivity index (χ1v) is 5.07. The van der Waals surface area contributed by atoms with Gasteiger partial charge in [-0.15, -0.1) is 0 Å². The van der Waals surface area contributed by atoms with Gasteiger partial charge in [0.25, 0.3) is 0 Å². The number of benzene rings is 1. The minimum absolute atomic E-state index is 0.818. The maximum Gasteiger partial charge on any atom is 0.0409 e. The third-order valence-corrected chi connectivity index (χ3v) is 2.29. The molecule has 1 aromatic carbocycles. The van der Waals surface area contributed by atoms with Crippen molar-refractivity contribution in [3.63, 3.8) is 0 Å². The highest BCUT2D eigenvalue weighted by atomic mass is 35.5. The van der Waals surface area contributed by atoms with Crippen molar-refractivity contribution in [2.45, 2.75) is 26.8 Å². The lowest BCUT2D eigenvalue weighted by molar-refractivity contribution is 0.673. The van der Waals surface area contributed by atoms with Crippen LogP contribution in [-0.2, 0) is 6.54 Å². The molecule has 1 N–H and O–H groups in total. The maximum atomic E-state index is 5.90. The molecule has 0 unspecified atom stereocenters. The molecule has 0 radical (unpaired) electrons. The minimum atomic E-state index is 0.818. The molecule has 0 saturated heterocycles. The van der Waals surface area contributed by atoms with Crippen LogP contribution in [0.4, 0.5) is 0 Å². The van der Waals surface area contributed by atoms with Crippen LogP contribution in [0.25, 0.3) is 0 Å². The van der Waals surface area contributed by atoms with Crippen LogP contribution in [-0.4, -0.2) is 6.54 Å². The lowest BCUT2D eigenvalue weighted by atomic mass is 10.1. The van der Waals surface area contributed by atoms with Crippen LogP contribution in [0.2, 0.25) is 5.02 Å².